The van der Waals surface area contributed by atoms with Gasteiger partial charge in [0.15, 0.2) is 0 Å². The van der Waals surface area contributed by atoms with Gasteiger partial charge in [0, 0.05) is 25.1 Å². The maximum atomic E-state index is 9.36. The van der Waals surface area contributed by atoms with Crippen LogP contribution in [-0.2, 0) is 5.41 Å². The van der Waals surface area contributed by atoms with Gasteiger partial charge in [-0.2, -0.15) is 0 Å². The van der Waals surface area contributed by atoms with E-state index in [1.807, 2.05) is 32.7 Å². The quantitative estimate of drug-likeness (QED) is 0.844. The van der Waals surface area contributed by atoms with Gasteiger partial charge in [-0.3, -0.25) is 0 Å². The van der Waals surface area contributed by atoms with Crippen molar-refractivity contribution in [2.75, 3.05) is 18.5 Å². The number of halogens is 1. The van der Waals surface area contributed by atoms with Crippen LogP contribution in [0.2, 0.25) is 5.15 Å². The van der Waals surface area contributed by atoms with Crippen LogP contribution in [0.25, 0.3) is 0 Å². The molecule has 0 radical (unpaired) electrons. The molecule has 1 heterocycles. The molecule has 1 aromatic heterocycles. The summed E-state index contributed by atoms with van der Waals surface area (Å²) in [5, 5.41) is 9.79. The molecular formula is C12H20ClN3O. The predicted octanol–water partition coefficient (Wildman–Crippen LogP) is 2.24. The fourth-order valence-corrected chi connectivity index (χ4v) is 1.60. The maximum Gasteiger partial charge on any atom is 0.137 e. The second-order valence-electron chi connectivity index (χ2n) is 5.35. The highest BCUT2D eigenvalue weighted by Gasteiger charge is 2.20. The minimum absolute atomic E-state index is 0.147. The number of hydrogen-bond acceptors (Lipinski definition) is 4. The number of aliphatic hydroxyl groups is 1. The molecule has 1 unspecified atom stereocenters. The highest BCUT2D eigenvalue weighted by molar-refractivity contribution is 6.29. The molecule has 0 amide bonds. The van der Waals surface area contributed by atoms with Crippen molar-refractivity contribution >= 4 is 17.4 Å². The molecule has 1 aromatic rings. The van der Waals surface area contributed by atoms with Crippen molar-refractivity contribution in [2.24, 2.45) is 0 Å². The lowest BCUT2D eigenvalue weighted by Crippen LogP contribution is -2.28. The van der Waals surface area contributed by atoms with Crippen LogP contribution in [0.4, 0.5) is 5.82 Å². The second-order valence-corrected chi connectivity index (χ2v) is 5.74. The third kappa shape index (κ3) is 4.13. The lowest BCUT2D eigenvalue weighted by molar-refractivity contribution is 0.201. The summed E-state index contributed by atoms with van der Waals surface area (Å²) >= 11 is 6.00. The molecule has 5 heteroatoms. The normalized spacial score (nSPS) is 13.6. The van der Waals surface area contributed by atoms with Gasteiger partial charge in [-0.25, -0.2) is 9.97 Å². The first kappa shape index (κ1) is 14.2. The van der Waals surface area contributed by atoms with Gasteiger partial charge in [0.1, 0.15) is 16.8 Å². The van der Waals surface area contributed by atoms with Crippen LogP contribution in [0.5, 0.6) is 0 Å². The summed E-state index contributed by atoms with van der Waals surface area (Å²) in [6.45, 7) is 8.37. The van der Waals surface area contributed by atoms with E-state index in [1.54, 1.807) is 13.0 Å². The van der Waals surface area contributed by atoms with Crippen LogP contribution < -0.4 is 4.90 Å². The molecule has 96 valence electrons. The lowest BCUT2D eigenvalue weighted by atomic mass is 9.96. The minimum atomic E-state index is -0.410. The minimum Gasteiger partial charge on any atom is -0.392 e. The molecule has 0 aliphatic rings. The summed E-state index contributed by atoms with van der Waals surface area (Å²) in [6.07, 6.45) is -0.410. The first-order chi connectivity index (χ1) is 7.70. The summed E-state index contributed by atoms with van der Waals surface area (Å²) in [5.41, 5.74) is -0.147. The SMILES string of the molecule is CC(O)CN(C)c1cc(Cl)nc(C(C)(C)C)n1. The Labute approximate surface area is 108 Å². The molecule has 0 saturated heterocycles. The van der Waals surface area contributed by atoms with Crippen molar-refractivity contribution in [2.45, 2.75) is 39.2 Å². The molecule has 1 N–H and O–H groups in total. The predicted molar refractivity (Wildman–Crippen MR) is 70.7 cm³/mol. The summed E-state index contributed by atoms with van der Waals surface area (Å²) in [7, 11) is 1.87. The van der Waals surface area contributed by atoms with Gasteiger partial charge in [0.05, 0.1) is 6.10 Å². The fourth-order valence-electron chi connectivity index (χ4n) is 1.43. The number of likely N-dealkylation sites (N-methyl/N-ethyl adjacent to an activating group) is 1. The molecule has 1 rings (SSSR count). The smallest absolute Gasteiger partial charge is 0.137 e. The Kier molecular flexibility index (Phi) is 4.33. The Morgan fingerprint density at radius 3 is 2.47 bits per heavy atom. The van der Waals surface area contributed by atoms with Crippen LogP contribution in [0, 0.1) is 0 Å². The molecule has 1 atom stereocenters. The van der Waals surface area contributed by atoms with Gasteiger partial charge >= 0.3 is 0 Å². The van der Waals surface area contributed by atoms with E-state index < -0.39 is 6.10 Å². The van der Waals surface area contributed by atoms with Crippen molar-refractivity contribution in [3.8, 4) is 0 Å². The summed E-state index contributed by atoms with van der Waals surface area (Å²) in [5.74, 6) is 1.44. The average molecular weight is 258 g/mol. The molecule has 0 aromatic carbocycles. The molecule has 0 spiro atoms. The van der Waals surface area contributed by atoms with Crippen LogP contribution in [0.15, 0.2) is 6.07 Å². The van der Waals surface area contributed by atoms with Crippen molar-refractivity contribution in [3.63, 3.8) is 0 Å². The van der Waals surface area contributed by atoms with E-state index in [4.69, 9.17) is 11.6 Å². The zero-order valence-corrected chi connectivity index (χ0v) is 11.8. The first-order valence-corrected chi connectivity index (χ1v) is 6.02. The third-order valence-electron chi connectivity index (χ3n) is 2.28. The van der Waals surface area contributed by atoms with Crippen LogP contribution in [-0.4, -0.2) is 34.8 Å². The maximum absolute atomic E-state index is 9.36. The molecule has 0 bridgehead atoms. The molecule has 4 nitrogen and oxygen atoms in total. The zero-order valence-electron chi connectivity index (χ0n) is 11.0. The van der Waals surface area contributed by atoms with Crippen molar-refractivity contribution in [1.29, 1.82) is 0 Å². The number of nitrogens with zero attached hydrogens (tertiary/aromatic N) is 3. The number of hydrogen-bond donors (Lipinski definition) is 1. The Morgan fingerprint density at radius 2 is 2.00 bits per heavy atom. The van der Waals surface area contributed by atoms with Crippen molar-refractivity contribution in [1.82, 2.24) is 9.97 Å². The Balaban J connectivity index is 3.05. The Bertz CT molecular complexity index is 388. The van der Waals surface area contributed by atoms with Gasteiger partial charge in [-0.05, 0) is 6.92 Å². The number of rotatable bonds is 3. The summed E-state index contributed by atoms with van der Waals surface area (Å²) in [4.78, 5) is 10.6. The summed E-state index contributed by atoms with van der Waals surface area (Å²) < 4.78 is 0. The van der Waals surface area contributed by atoms with E-state index in [-0.39, 0.29) is 5.41 Å². The van der Waals surface area contributed by atoms with Crippen molar-refractivity contribution in [3.05, 3.63) is 17.0 Å². The summed E-state index contributed by atoms with van der Waals surface area (Å²) in [6, 6.07) is 1.71. The Hall–Kier alpha value is -0.870. The van der Waals surface area contributed by atoms with Crippen molar-refractivity contribution < 1.29 is 5.11 Å². The van der Waals surface area contributed by atoms with Gasteiger partial charge in [-0.1, -0.05) is 32.4 Å². The standard InChI is InChI=1S/C12H20ClN3O/c1-8(17)7-16(5)10-6-9(13)14-11(15-10)12(2,3)4/h6,8,17H,7H2,1-5H3. The zero-order chi connectivity index (χ0) is 13.2. The molecule has 17 heavy (non-hydrogen) atoms. The van der Waals surface area contributed by atoms with Crippen LogP contribution in [0.3, 0.4) is 0 Å². The number of aromatic nitrogens is 2. The largest absolute Gasteiger partial charge is 0.392 e. The molecule has 0 fully saturated rings. The average Bonchev–Trinajstić information content (AvgIpc) is 2.14. The fraction of sp³-hybridized carbons (Fsp3) is 0.667. The van der Waals surface area contributed by atoms with Crippen LogP contribution in [0.1, 0.15) is 33.5 Å². The van der Waals surface area contributed by atoms with E-state index in [0.717, 1.165) is 5.82 Å². The van der Waals surface area contributed by atoms with Gasteiger partial charge in [0.2, 0.25) is 0 Å². The molecule has 0 aliphatic carbocycles. The first-order valence-electron chi connectivity index (χ1n) is 5.64. The number of anilines is 1. The van der Waals surface area contributed by atoms with Crippen LogP contribution >= 0.6 is 11.6 Å². The lowest BCUT2D eigenvalue weighted by Gasteiger charge is -2.23. The molecule has 0 aliphatic heterocycles. The molecule has 0 saturated carbocycles. The van der Waals surface area contributed by atoms with E-state index in [1.165, 1.54) is 0 Å². The van der Waals surface area contributed by atoms with E-state index in [2.05, 4.69) is 9.97 Å². The second kappa shape index (κ2) is 5.19. The highest BCUT2D eigenvalue weighted by atomic mass is 35.5. The van der Waals surface area contributed by atoms with Gasteiger partial charge in [-0.15, -0.1) is 0 Å². The Morgan fingerprint density at radius 1 is 1.41 bits per heavy atom. The topological polar surface area (TPSA) is 49.2 Å². The number of aliphatic hydroxyl groups excluding tert-OH is 1. The van der Waals surface area contributed by atoms with E-state index in [0.29, 0.717) is 17.5 Å². The van der Waals surface area contributed by atoms with E-state index >= 15 is 0 Å². The van der Waals surface area contributed by atoms with E-state index in [9.17, 15) is 5.11 Å². The molecular weight excluding hydrogens is 238 g/mol. The monoisotopic (exact) mass is 257 g/mol. The van der Waals surface area contributed by atoms with Gasteiger partial charge in [0.25, 0.3) is 0 Å². The highest BCUT2D eigenvalue weighted by Crippen LogP contribution is 2.23. The van der Waals surface area contributed by atoms with Gasteiger partial charge < -0.3 is 10.0 Å². The third-order valence-corrected chi connectivity index (χ3v) is 2.47.